The molecule has 2 nitrogen and oxygen atoms in total. The molecule has 2 rings (SSSR count). The van der Waals surface area contributed by atoms with Crippen molar-refractivity contribution in [3.8, 4) is 6.07 Å². The molecule has 0 aromatic carbocycles. The fraction of sp³-hybridized carbons (Fsp3) is 0.364. The highest BCUT2D eigenvalue weighted by Gasteiger charge is 2.39. The van der Waals surface area contributed by atoms with Gasteiger partial charge in [0, 0.05) is 11.3 Å². The smallest absolute Gasteiger partial charge is 0.108 e. The Bertz CT molecular complexity index is 376. The second kappa shape index (κ2) is 3.56. The minimum Gasteiger partial charge on any atom is -0.375 e. The van der Waals surface area contributed by atoms with Gasteiger partial charge in [0.1, 0.15) is 5.41 Å². The third kappa shape index (κ3) is 1.47. The summed E-state index contributed by atoms with van der Waals surface area (Å²) in [6.45, 7) is 4.93. The number of thiophene rings is 1. The fourth-order valence-electron chi connectivity index (χ4n) is 1.63. The summed E-state index contributed by atoms with van der Waals surface area (Å²) in [5.41, 5.74) is 0.429. The summed E-state index contributed by atoms with van der Waals surface area (Å²) in [5, 5.41) is 11.2. The average Bonchev–Trinajstić information content (AvgIpc) is 2.79. The molecule has 3 heteroatoms. The van der Waals surface area contributed by atoms with Crippen LogP contribution in [0.3, 0.4) is 0 Å². The van der Waals surface area contributed by atoms with Gasteiger partial charge in [-0.05, 0) is 17.0 Å². The minimum atomic E-state index is -0.481. The predicted octanol–water partition coefficient (Wildman–Crippen LogP) is 2.39. The first-order chi connectivity index (χ1) is 6.77. The Morgan fingerprint density at radius 3 is 3.07 bits per heavy atom. The quantitative estimate of drug-likeness (QED) is 0.694. The first-order valence-electron chi connectivity index (χ1n) is 4.46. The van der Waals surface area contributed by atoms with Crippen LogP contribution in [0.25, 0.3) is 0 Å². The van der Waals surface area contributed by atoms with E-state index >= 15 is 0 Å². The molecule has 0 N–H and O–H groups in total. The molecule has 0 saturated carbocycles. The Morgan fingerprint density at radius 1 is 1.71 bits per heavy atom. The van der Waals surface area contributed by atoms with E-state index in [1.807, 2.05) is 11.4 Å². The summed E-state index contributed by atoms with van der Waals surface area (Å²) < 4.78 is 5.29. The van der Waals surface area contributed by atoms with Crippen molar-refractivity contribution in [2.24, 2.45) is 5.41 Å². The number of rotatable bonds is 2. The molecule has 1 unspecified atom stereocenters. The topological polar surface area (TPSA) is 33.0 Å². The Hall–Kier alpha value is -1.11. The molecule has 14 heavy (non-hydrogen) atoms. The van der Waals surface area contributed by atoms with Crippen LogP contribution in [0.2, 0.25) is 0 Å². The van der Waals surface area contributed by atoms with Crippen molar-refractivity contribution in [2.45, 2.75) is 6.42 Å². The molecule has 0 radical (unpaired) electrons. The van der Waals surface area contributed by atoms with E-state index < -0.39 is 5.41 Å². The molecule has 72 valence electrons. The van der Waals surface area contributed by atoms with Crippen molar-refractivity contribution >= 4 is 11.3 Å². The SMILES string of the molecule is C=C1COCC1(C#N)Cc1cccs1. The van der Waals surface area contributed by atoms with E-state index in [0.717, 1.165) is 12.0 Å². The maximum Gasteiger partial charge on any atom is 0.108 e. The highest BCUT2D eigenvalue weighted by atomic mass is 32.1. The van der Waals surface area contributed by atoms with Crippen molar-refractivity contribution in [1.82, 2.24) is 0 Å². The predicted molar refractivity (Wildman–Crippen MR) is 56.0 cm³/mol. The van der Waals surface area contributed by atoms with Crippen molar-refractivity contribution in [3.63, 3.8) is 0 Å². The normalized spacial score (nSPS) is 26.4. The molecule has 1 atom stereocenters. The van der Waals surface area contributed by atoms with Crippen LogP contribution in [0.1, 0.15) is 4.88 Å². The molecule has 2 heterocycles. The van der Waals surface area contributed by atoms with E-state index in [9.17, 15) is 5.26 Å². The Balaban J connectivity index is 2.23. The van der Waals surface area contributed by atoms with Gasteiger partial charge in [-0.3, -0.25) is 0 Å². The first kappa shape index (κ1) is 9.45. The highest BCUT2D eigenvalue weighted by Crippen LogP contribution is 2.36. The molecule has 1 saturated heterocycles. The monoisotopic (exact) mass is 205 g/mol. The average molecular weight is 205 g/mol. The van der Waals surface area contributed by atoms with Crippen molar-refractivity contribution in [1.29, 1.82) is 5.26 Å². The molecular weight excluding hydrogens is 194 g/mol. The Labute approximate surface area is 87.4 Å². The van der Waals surface area contributed by atoms with E-state index in [-0.39, 0.29) is 0 Å². The molecule has 1 aromatic heterocycles. The molecule has 0 spiro atoms. The number of hydrogen-bond acceptors (Lipinski definition) is 3. The molecule has 1 fully saturated rings. The lowest BCUT2D eigenvalue weighted by Crippen LogP contribution is -2.23. The number of nitriles is 1. The lowest BCUT2D eigenvalue weighted by atomic mass is 9.81. The summed E-state index contributed by atoms with van der Waals surface area (Å²) in [6, 6.07) is 6.40. The van der Waals surface area contributed by atoms with E-state index in [4.69, 9.17) is 4.74 Å². The molecule has 0 amide bonds. The third-order valence-corrected chi connectivity index (χ3v) is 3.45. The molecule has 1 aliphatic rings. The van der Waals surface area contributed by atoms with Gasteiger partial charge in [-0.25, -0.2) is 0 Å². The number of nitrogens with zero attached hydrogens (tertiary/aromatic N) is 1. The molecule has 1 aliphatic heterocycles. The second-order valence-corrected chi connectivity index (χ2v) is 4.58. The van der Waals surface area contributed by atoms with E-state index in [1.165, 1.54) is 4.88 Å². The van der Waals surface area contributed by atoms with Gasteiger partial charge in [0.25, 0.3) is 0 Å². The van der Waals surface area contributed by atoms with E-state index in [2.05, 4.69) is 18.7 Å². The van der Waals surface area contributed by atoms with Crippen molar-refractivity contribution in [2.75, 3.05) is 13.2 Å². The van der Waals surface area contributed by atoms with Gasteiger partial charge in [-0.1, -0.05) is 12.6 Å². The van der Waals surface area contributed by atoms with E-state index in [1.54, 1.807) is 11.3 Å². The molecule has 0 aliphatic carbocycles. The van der Waals surface area contributed by atoms with Gasteiger partial charge < -0.3 is 4.74 Å². The number of ether oxygens (including phenoxy) is 1. The maximum absolute atomic E-state index is 9.20. The third-order valence-electron chi connectivity index (χ3n) is 2.57. The van der Waals surface area contributed by atoms with Crippen LogP contribution in [-0.2, 0) is 11.2 Å². The zero-order valence-electron chi connectivity index (χ0n) is 7.82. The molecule has 1 aromatic rings. The van der Waals surface area contributed by atoms with Gasteiger partial charge in [0.05, 0.1) is 19.3 Å². The summed E-state index contributed by atoms with van der Waals surface area (Å²) in [5.74, 6) is 0. The van der Waals surface area contributed by atoms with Crippen molar-refractivity contribution < 1.29 is 4.74 Å². The second-order valence-electron chi connectivity index (χ2n) is 3.55. The highest BCUT2D eigenvalue weighted by molar-refractivity contribution is 7.09. The van der Waals surface area contributed by atoms with Crippen LogP contribution in [0.5, 0.6) is 0 Å². The van der Waals surface area contributed by atoms with Crippen LogP contribution in [-0.4, -0.2) is 13.2 Å². The van der Waals surface area contributed by atoms with Crippen molar-refractivity contribution in [3.05, 3.63) is 34.5 Å². The largest absolute Gasteiger partial charge is 0.375 e. The zero-order valence-corrected chi connectivity index (χ0v) is 8.64. The first-order valence-corrected chi connectivity index (χ1v) is 5.34. The Kier molecular flexibility index (Phi) is 2.40. The van der Waals surface area contributed by atoms with Crippen LogP contribution in [0, 0.1) is 16.7 Å². The summed E-state index contributed by atoms with van der Waals surface area (Å²) in [7, 11) is 0. The summed E-state index contributed by atoms with van der Waals surface area (Å²) in [4.78, 5) is 1.22. The lowest BCUT2D eigenvalue weighted by molar-refractivity contribution is 0.172. The maximum atomic E-state index is 9.20. The summed E-state index contributed by atoms with van der Waals surface area (Å²) in [6.07, 6.45) is 0.736. The zero-order chi connectivity index (χ0) is 10.0. The van der Waals surface area contributed by atoms with Crippen LogP contribution >= 0.6 is 11.3 Å². The summed E-state index contributed by atoms with van der Waals surface area (Å²) >= 11 is 1.68. The van der Waals surface area contributed by atoms with E-state index in [0.29, 0.717) is 13.2 Å². The van der Waals surface area contributed by atoms with Gasteiger partial charge in [-0.15, -0.1) is 11.3 Å². The van der Waals surface area contributed by atoms with Gasteiger partial charge in [0.15, 0.2) is 0 Å². The number of hydrogen-bond donors (Lipinski definition) is 0. The van der Waals surface area contributed by atoms with Gasteiger partial charge >= 0.3 is 0 Å². The standard InChI is InChI=1S/C11H11NOS/c1-9-6-13-8-11(9,7-12)5-10-3-2-4-14-10/h2-4H,1,5-6,8H2. The molecule has 0 bridgehead atoms. The van der Waals surface area contributed by atoms with Crippen LogP contribution in [0.4, 0.5) is 0 Å². The van der Waals surface area contributed by atoms with Crippen LogP contribution < -0.4 is 0 Å². The fourth-order valence-corrected chi connectivity index (χ4v) is 2.44. The lowest BCUT2D eigenvalue weighted by Gasteiger charge is -2.18. The minimum absolute atomic E-state index is 0.481. The van der Waals surface area contributed by atoms with Gasteiger partial charge in [-0.2, -0.15) is 5.26 Å². The molecular formula is C11H11NOS. The van der Waals surface area contributed by atoms with Gasteiger partial charge in [0.2, 0.25) is 0 Å². The van der Waals surface area contributed by atoms with Crippen LogP contribution in [0.15, 0.2) is 29.7 Å². The Morgan fingerprint density at radius 2 is 2.57 bits per heavy atom.